The van der Waals surface area contributed by atoms with Gasteiger partial charge in [0, 0.05) is 0 Å². The van der Waals surface area contributed by atoms with Crippen molar-refractivity contribution in [3.8, 4) is 0 Å². The Morgan fingerprint density at radius 2 is 1.95 bits per heavy atom. The first-order valence-electron chi connectivity index (χ1n) is 5.27. The molecule has 0 aliphatic rings. The molecule has 0 bridgehead atoms. The van der Waals surface area contributed by atoms with Crippen molar-refractivity contribution < 1.29 is 4.79 Å². The lowest BCUT2D eigenvalue weighted by atomic mass is 10.2. The molecular formula is C12H9Cl3N2OS. The van der Waals surface area contributed by atoms with Gasteiger partial charge < -0.3 is 5.32 Å². The first-order valence-corrected chi connectivity index (χ1v) is 7.29. The summed E-state index contributed by atoms with van der Waals surface area (Å²) in [4.78, 5) is 16.5. The van der Waals surface area contributed by atoms with Crippen molar-refractivity contribution >= 4 is 57.7 Å². The van der Waals surface area contributed by atoms with Crippen molar-refractivity contribution in [1.82, 2.24) is 4.98 Å². The molecule has 19 heavy (non-hydrogen) atoms. The summed E-state index contributed by atoms with van der Waals surface area (Å²) < 4.78 is 0. The van der Waals surface area contributed by atoms with E-state index >= 15 is 0 Å². The number of amides is 1. The molecule has 0 radical (unpaired) electrons. The number of thiophene rings is 1. The Balaban J connectivity index is 2.32. The van der Waals surface area contributed by atoms with Crippen LogP contribution in [0.4, 0.5) is 5.69 Å². The molecule has 1 amide bonds. The van der Waals surface area contributed by atoms with Gasteiger partial charge in [-0.1, -0.05) is 34.8 Å². The zero-order valence-corrected chi connectivity index (χ0v) is 13.1. The van der Waals surface area contributed by atoms with Crippen LogP contribution in [0.25, 0.3) is 0 Å². The van der Waals surface area contributed by atoms with Crippen LogP contribution >= 0.6 is 46.1 Å². The number of hydrogen-bond donors (Lipinski definition) is 1. The Morgan fingerprint density at radius 3 is 2.47 bits per heavy atom. The van der Waals surface area contributed by atoms with Crippen molar-refractivity contribution in [2.75, 3.05) is 5.32 Å². The largest absolute Gasteiger partial charge is 0.318 e. The molecule has 7 heteroatoms. The van der Waals surface area contributed by atoms with Gasteiger partial charge in [-0.2, -0.15) is 0 Å². The Hall–Kier alpha value is -0.810. The molecule has 0 saturated heterocycles. The Labute approximate surface area is 129 Å². The summed E-state index contributed by atoms with van der Waals surface area (Å²) in [5.74, 6) is -0.308. The quantitative estimate of drug-likeness (QED) is 0.787. The van der Waals surface area contributed by atoms with Crippen LogP contribution in [0.2, 0.25) is 15.3 Å². The number of halogens is 3. The highest BCUT2D eigenvalue weighted by Crippen LogP contribution is 2.30. The molecule has 0 unspecified atom stereocenters. The van der Waals surface area contributed by atoms with Crippen LogP contribution in [0.1, 0.15) is 20.8 Å². The third-order valence-electron chi connectivity index (χ3n) is 2.49. The van der Waals surface area contributed by atoms with E-state index in [0.717, 1.165) is 11.1 Å². The van der Waals surface area contributed by atoms with Gasteiger partial charge in [0.15, 0.2) is 5.15 Å². The molecule has 2 aromatic rings. The fourth-order valence-corrected chi connectivity index (χ4v) is 3.25. The summed E-state index contributed by atoms with van der Waals surface area (Å²) >= 11 is 19.1. The van der Waals surface area contributed by atoms with Crippen molar-refractivity contribution in [2.45, 2.75) is 13.8 Å². The van der Waals surface area contributed by atoms with Crippen LogP contribution in [0.3, 0.4) is 0 Å². The lowest BCUT2D eigenvalue weighted by Gasteiger charge is -2.09. The summed E-state index contributed by atoms with van der Waals surface area (Å²) in [5.41, 5.74) is 2.05. The van der Waals surface area contributed by atoms with Gasteiger partial charge >= 0.3 is 0 Å². The summed E-state index contributed by atoms with van der Waals surface area (Å²) in [6.45, 7) is 3.63. The first kappa shape index (κ1) is 14.6. The second kappa shape index (κ2) is 5.67. The van der Waals surface area contributed by atoms with Crippen LogP contribution in [0.15, 0.2) is 11.4 Å². The van der Waals surface area contributed by atoms with E-state index in [0.29, 0.717) is 15.6 Å². The predicted octanol–water partition coefficient (Wildman–Crippen LogP) is 4.97. The third kappa shape index (κ3) is 3.03. The van der Waals surface area contributed by atoms with E-state index in [1.807, 2.05) is 12.3 Å². The number of pyridine rings is 1. The molecule has 0 spiro atoms. The van der Waals surface area contributed by atoms with Crippen molar-refractivity contribution in [2.24, 2.45) is 0 Å². The molecule has 3 nitrogen and oxygen atoms in total. The zero-order chi connectivity index (χ0) is 14.2. The minimum Gasteiger partial charge on any atom is -0.318 e. The smallest absolute Gasteiger partial charge is 0.267 e. The SMILES string of the molecule is Cc1csc(C(=O)Nc2c(C)cc(Cl)nc2Cl)c1Cl. The second-order valence-corrected chi connectivity index (χ2v) is 5.95. The van der Waals surface area contributed by atoms with E-state index in [1.54, 1.807) is 13.0 Å². The van der Waals surface area contributed by atoms with Crippen LogP contribution in [-0.2, 0) is 0 Å². The monoisotopic (exact) mass is 334 g/mol. The molecule has 0 fully saturated rings. The third-order valence-corrected chi connectivity index (χ3v) is 4.65. The van der Waals surface area contributed by atoms with Gasteiger partial charge in [0.25, 0.3) is 5.91 Å². The average Bonchev–Trinajstić information content (AvgIpc) is 2.64. The molecule has 0 saturated carbocycles. The topological polar surface area (TPSA) is 42.0 Å². The maximum absolute atomic E-state index is 12.1. The minimum atomic E-state index is -0.308. The van der Waals surface area contributed by atoms with Crippen LogP contribution < -0.4 is 5.32 Å². The maximum atomic E-state index is 12.1. The molecule has 0 aromatic carbocycles. The minimum absolute atomic E-state index is 0.155. The number of rotatable bonds is 2. The van der Waals surface area contributed by atoms with Crippen LogP contribution in [0, 0.1) is 13.8 Å². The summed E-state index contributed by atoms with van der Waals surface area (Å²) in [7, 11) is 0. The van der Waals surface area contributed by atoms with Crippen molar-refractivity contribution in [1.29, 1.82) is 0 Å². The zero-order valence-electron chi connectivity index (χ0n) is 10.1. The standard InChI is InChI=1S/C12H9Cl3N2OS/c1-5-3-7(13)16-11(15)9(5)17-12(18)10-8(14)6(2)4-19-10/h3-4H,1-2H3,(H,17,18). The lowest BCUT2D eigenvalue weighted by Crippen LogP contribution is -2.12. The van der Waals surface area contributed by atoms with E-state index in [9.17, 15) is 4.79 Å². The Morgan fingerprint density at radius 1 is 1.26 bits per heavy atom. The van der Waals surface area contributed by atoms with E-state index in [1.165, 1.54) is 11.3 Å². The van der Waals surface area contributed by atoms with E-state index in [-0.39, 0.29) is 16.2 Å². The molecule has 2 heterocycles. The highest BCUT2D eigenvalue weighted by molar-refractivity contribution is 7.13. The number of nitrogens with zero attached hydrogens (tertiary/aromatic N) is 1. The number of nitrogens with one attached hydrogen (secondary N) is 1. The predicted molar refractivity (Wildman–Crippen MR) is 81.0 cm³/mol. The summed E-state index contributed by atoms with van der Waals surface area (Å²) in [6.07, 6.45) is 0. The fraction of sp³-hybridized carbons (Fsp3) is 0.167. The second-order valence-electron chi connectivity index (χ2n) is 3.94. The van der Waals surface area contributed by atoms with Crippen molar-refractivity contribution in [3.05, 3.63) is 42.8 Å². The van der Waals surface area contributed by atoms with Gasteiger partial charge in [0.05, 0.1) is 10.7 Å². The fourth-order valence-electron chi connectivity index (χ4n) is 1.50. The molecule has 2 aromatic heterocycles. The van der Waals surface area contributed by atoms with Gasteiger partial charge in [0.2, 0.25) is 0 Å². The lowest BCUT2D eigenvalue weighted by molar-refractivity contribution is 0.103. The summed E-state index contributed by atoms with van der Waals surface area (Å²) in [6, 6.07) is 1.63. The number of carbonyl (C=O) groups excluding carboxylic acids is 1. The number of aromatic nitrogens is 1. The maximum Gasteiger partial charge on any atom is 0.267 e. The molecule has 100 valence electrons. The Kier molecular flexibility index (Phi) is 4.36. The normalized spacial score (nSPS) is 10.6. The van der Waals surface area contributed by atoms with E-state index < -0.39 is 0 Å². The average molecular weight is 336 g/mol. The number of carbonyl (C=O) groups is 1. The van der Waals surface area contributed by atoms with Gasteiger partial charge in [-0.15, -0.1) is 11.3 Å². The number of aryl methyl sites for hydroxylation is 2. The van der Waals surface area contributed by atoms with Gasteiger partial charge in [-0.05, 0) is 36.4 Å². The molecule has 0 aliphatic carbocycles. The summed E-state index contributed by atoms with van der Waals surface area (Å²) in [5, 5.41) is 5.43. The highest BCUT2D eigenvalue weighted by atomic mass is 35.5. The first-order chi connectivity index (χ1) is 8.90. The molecule has 2 rings (SSSR count). The molecule has 1 N–H and O–H groups in total. The van der Waals surface area contributed by atoms with E-state index in [2.05, 4.69) is 10.3 Å². The van der Waals surface area contributed by atoms with Gasteiger partial charge in [-0.3, -0.25) is 4.79 Å². The van der Waals surface area contributed by atoms with Gasteiger partial charge in [-0.25, -0.2) is 4.98 Å². The number of anilines is 1. The van der Waals surface area contributed by atoms with E-state index in [4.69, 9.17) is 34.8 Å². The van der Waals surface area contributed by atoms with Crippen molar-refractivity contribution in [3.63, 3.8) is 0 Å². The molecular weight excluding hydrogens is 327 g/mol. The number of hydrogen-bond acceptors (Lipinski definition) is 3. The molecule has 0 aliphatic heterocycles. The Bertz CT molecular complexity index is 631. The van der Waals surface area contributed by atoms with Gasteiger partial charge in [0.1, 0.15) is 10.0 Å². The highest BCUT2D eigenvalue weighted by Gasteiger charge is 2.17. The van der Waals surface area contributed by atoms with Crippen LogP contribution in [0.5, 0.6) is 0 Å². The molecule has 0 atom stereocenters. The van der Waals surface area contributed by atoms with Crippen LogP contribution in [-0.4, -0.2) is 10.9 Å².